The van der Waals surface area contributed by atoms with E-state index in [1.807, 2.05) is 0 Å². The molecule has 0 aliphatic carbocycles. The predicted molar refractivity (Wildman–Crippen MR) is 77.1 cm³/mol. The number of benzene rings is 1. The first-order chi connectivity index (χ1) is 10.1. The quantitative estimate of drug-likeness (QED) is 0.609. The molecule has 1 aromatic heterocycles. The molecule has 0 aliphatic rings. The van der Waals surface area contributed by atoms with Crippen molar-refractivity contribution in [3.63, 3.8) is 0 Å². The number of aromatic nitrogens is 1. The van der Waals surface area contributed by atoms with Crippen molar-refractivity contribution in [1.82, 2.24) is 4.98 Å². The first kappa shape index (κ1) is 14.4. The Kier molecular flexibility index (Phi) is 4.39. The van der Waals surface area contributed by atoms with Crippen LogP contribution in [-0.2, 0) is 0 Å². The summed E-state index contributed by atoms with van der Waals surface area (Å²) in [6.45, 7) is -0.218. The lowest BCUT2D eigenvalue weighted by Crippen LogP contribution is -2.15. The molecular weight excluding hydrogens is 272 g/mol. The first-order valence-corrected chi connectivity index (χ1v) is 6.03. The number of aliphatic hydroxyl groups is 1. The lowest BCUT2D eigenvalue weighted by atomic mass is 10.2. The third kappa shape index (κ3) is 3.96. The smallest absolute Gasteiger partial charge is 0.256 e. The number of aromatic amines is 1. The van der Waals surface area contributed by atoms with E-state index in [1.54, 1.807) is 24.3 Å². The number of anilines is 1. The Balaban J connectivity index is 2.14. The first-order valence-electron chi connectivity index (χ1n) is 6.03. The topological polar surface area (TPSA) is 102 Å². The van der Waals surface area contributed by atoms with E-state index in [9.17, 15) is 14.7 Å². The van der Waals surface area contributed by atoms with Crippen molar-refractivity contribution in [3.05, 3.63) is 57.9 Å². The number of hydrogen-bond donors (Lipinski definition) is 4. The number of hydrogen-bond acceptors (Lipinski definition) is 4. The Bertz CT molecular complexity index is 767. The monoisotopic (exact) mass is 284 g/mol. The Morgan fingerprint density at radius 2 is 1.95 bits per heavy atom. The number of rotatable bonds is 2. The van der Waals surface area contributed by atoms with E-state index in [4.69, 9.17) is 5.11 Å². The molecule has 1 aromatic carbocycles. The minimum Gasteiger partial charge on any atom is -0.494 e. The van der Waals surface area contributed by atoms with Crippen LogP contribution in [0.15, 0.2) is 41.2 Å². The predicted octanol–water partition coefficient (Wildman–Crippen LogP) is 0.677. The van der Waals surface area contributed by atoms with E-state index in [1.165, 1.54) is 0 Å². The maximum Gasteiger partial charge on any atom is 0.256 e. The molecule has 21 heavy (non-hydrogen) atoms. The number of aliphatic hydroxyl groups excluding tert-OH is 1. The third-order valence-electron chi connectivity index (χ3n) is 2.55. The number of carbonyl (C=O) groups is 1. The second kappa shape index (κ2) is 6.41. The summed E-state index contributed by atoms with van der Waals surface area (Å²) in [6, 6.07) is 8.92. The summed E-state index contributed by atoms with van der Waals surface area (Å²) in [5, 5.41) is 20.4. The maximum absolute atomic E-state index is 11.9. The van der Waals surface area contributed by atoms with Crippen molar-refractivity contribution in [2.75, 3.05) is 11.9 Å². The molecule has 2 rings (SSSR count). The van der Waals surface area contributed by atoms with E-state index in [-0.39, 0.29) is 18.1 Å². The van der Waals surface area contributed by atoms with Gasteiger partial charge in [-0.1, -0.05) is 11.8 Å². The van der Waals surface area contributed by atoms with E-state index in [0.717, 1.165) is 12.1 Å². The summed E-state index contributed by atoms with van der Waals surface area (Å²) < 4.78 is 0. The van der Waals surface area contributed by atoms with Crippen LogP contribution in [0.4, 0.5) is 5.69 Å². The average Bonchev–Trinajstić information content (AvgIpc) is 2.45. The summed E-state index contributed by atoms with van der Waals surface area (Å²) in [7, 11) is 0. The standard InChI is InChI=1S/C15H12N2O4/c18-7-1-2-10-3-5-12(6-4-10)16-15(21)11-8-13(19)17-14(20)9-11/h3-6,8-9,18H,7H2,(H,16,21)(H2,17,19,20). The van der Waals surface area contributed by atoms with Crippen molar-refractivity contribution in [2.45, 2.75) is 0 Å². The fraction of sp³-hybridized carbons (Fsp3) is 0.0667. The zero-order chi connectivity index (χ0) is 15.2. The largest absolute Gasteiger partial charge is 0.494 e. The molecule has 0 unspecified atom stereocenters. The molecule has 0 bridgehead atoms. The molecule has 106 valence electrons. The summed E-state index contributed by atoms with van der Waals surface area (Å²) in [6.07, 6.45) is 0. The molecule has 6 nitrogen and oxygen atoms in total. The number of nitrogens with one attached hydrogen (secondary N) is 2. The van der Waals surface area contributed by atoms with Crippen LogP contribution in [0, 0.1) is 11.8 Å². The minimum absolute atomic E-state index is 0.0559. The van der Waals surface area contributed by atoms with Gasteiger partial charge in [0.1, 0.15) is 6.61 Å². The lowest BCUT2D eigenvalue weighted by Gasteiger charge is -2.05. The molecule has 0 saturated heterocycles. The molecule has 2 aromatic rings. The lowest BCUT2D eigenvalue weighted by molar-refractivity contribution is 0.102. The molecule has 1 amide bonds. The second-order valence-corrected chi connectivity index (χ2v) is 4.11. The van der Waals surface area contributed by atoms with Crippen molar-refractivity contribution in [2.24, 2.45) is 0 Å². The third-order valence-corrected chi connectivity index (χ3v) is 2.55. The van der Waals surface area contributed by atoms with Crippen molar-refractivity contribution in [1.29, 1.82) is 0 Å². The van der Waals surface area contributed by atoms with Gasteiger partial charge in [0.25, 0.3) is 11.5 Å². The molecule has 0 spiro atoms. The average molecular weight is 284 g/mol. The Labute approximate surface area is 120 Å². The van der Waals surface area contributed by atoms with Crippen molar-refractivity contribution < 1.29 is 15.0 Å². The van der Waals surface area contributed by atoms with E-state index >= 15 is 0 Å². The molecule has 0 aliphatic heterocycles. The number of aromatic hydroxyl groups is 1. The zero-order valence-electron chi connectivity index (χ0n) is 10.9. The Morgan fingerprint density at radius 3 is 2.57 bits per heavy atom. The highest BCUT2D eigenvalue weighted by Gasteiger charge is 2.08. The second-order valence-electron chi connectivity index (χ2n) is 4.11. The van der Waals surface area contributed by atoms with Crippen LogP contribution >= 0.6 is 0 Å². The summed E-state index contributed by atoms with van der Waals surface area (Å²) in [5.74, 6) is 4.36. The Morgan fingerprint density at radius 1 is 1.24 bits per heavy atom. The molecule has 1 heterocycles. The van der Waals surface area contributed by atoms with Crippen LogP contribution in [0.1, 0.15) is 15.9 Å². The molecule has 6 heteroatoms. The van der Waals surface area contributed by atoms with Gasteiger partial charge < -0.3 is 15.5 Å². The molecule has 0 fully saturated rings. The molecule has 0 atom stereocenters. The SMILES string of the molecule is O=C(Nc1ccc(C#CCO)cc1)c1cc(O)[nH]c(=O)c1. The van der Waals surface area contributed by atoms with E-state index < -0.39 is 11.5 Å². The van der Waals surface area contributed by atoms with Gasteiger partial charge in [-0.15, -0.1) is 0 Å². The summed E-state index contributed by atoms with van der Waals surface area (Å²) in [5.41, 5.74) is 0.723. The van der Waals surface area contributed by atoms with Crippen LogP contribution in [-0.4, -0.2) is 27.7 Å². The molecule has 0 saturated carbocycles. The van der Waals surface area contributed by atoms with Crippen LogP contribution < -0.4 is 10.9 Å². The molecular formula is C15H12N2O4. The van der Waals surface area contributed by atoms with Crippen LogP contribution in [0.2, 0.25) is 0 Å². The van der Waals surface area contributed by atoms with E-state index in [0.29, 0.717) is 11.3 Å². The number of pyridine rings is 1. The zero-order valence-corrected chi connectivity index (χ0v) is 10.9. The van der Waals surface area contributed by atoms with Crippen LogP contribution in [0.5, 0.6) is 5.88 Å². The normalized spacial score (nSPS) is 9.57. The Hall–Kier alpha value is -3.04. The fourth-order valence-electron chi connectivity index (χ4n) is 1.64. The maximum atomic E-state index is 11.9. The van der Waals surface area contributed by atoms with E-state index in [2.05, 4.69) is 22.1 Å². The van der Waals surface area contributed by atoms with Crippen molar-refractivity contribution >= 4 is 11.6 Å². The van der Waals surface area contributed by atoms with Gasteiger partial charge in [-0.2, -0.15) is 0 Å². The molecule has 0 radical (unpaired) electrons. The highest BCUT2D eigenvalue weighted by Crippen LogP contribution is 2.11. The highest BCUT2D eigenvalue weighted by molar-refractivity contribution is 6.04. The fourth-order valence-corrected chi connectivity index (χ4v) is 1.64. The van der Waals surface area contributed by atoms with Gasteiger partial charge in [0.15, 0.2) is 5.88 Å². The van der Waals surface area contributed by atoms with Crippen LogP contribution in [0.3, 0.4) is 0 Å². The van der Waals surface area contributed by atoms with Gasteiger partial charge in [-0.25, -0.2) is 0 Å². The van der Waals surface area contributed by atoms with Gasteiger partial charge in [0.05, 0.1) is 5.56 Å². The highest BCUT2D eigenvalue weighted by atomic mass is 16.3. The van der Waals surface area contributed by atoms with Gasteiger partial charge in [-0.05, 0) is 24.3 Å². The summed E-state index contributed by atoms with van der Waals surface area (Å²) in [4.78, 5) is 25.3. The van der Waals surface area contributed by atoms with Gasteiger partial charge >= 0.3 is 0 Å². The van der Waals surface area contributed by atoms with Gasteiger partial charge in [0, 0.05) is 23.4 Å². The van der Waals surface area contributed by atoms with Gasteiger partial charge in [0.2, 0.25) is 0 Å². The number of H-pyrrole nitrogens is 1. The minimum atomic E-state index is -0.560. The summed E-state index contributed by atoms with van der Waals surface area (Å²) >= 11 is 0. The van der Waals surface area contributed by atoms with Crippen molar-refractivity contribution in [3.8, 4) is 17.7 Å². The number of amides is 1. The number of carbonyl (C=O) groups excluding carboxylic acids is 1. The van der Waals surface area contributed by atoms with Gasteiger partial charge in [-0.3, -0.25) is 14.6 Å². The van der Waals surface area contributed by atoms with Crippen LogP contribution in [0.25, 0.3) is 0 Å². The molecule has 4 N–H and O–H groups in total.